The number of furan rings is 1. The van der Waals surface area contributed by atoms with Gasteiger partial charge >= 0.3 is 0 Å². The number of aromatic nitrogens is 2. The summed E-state index contributed by atoms with van der Waals surface area (Å²) in [5.74, 6) is 2.93. The smallest absolute Gasteiger partial charge is 0.238 e. The van der Waals surface area contributed by atoms with Gasteiger partial charge in [0.25, 0.3) is 0 Å². The van der Waals surface area contributed by atoms with Gasteiger partial charge in [-0.3, -0.25) is 9.59 Å². The van der Waals surface area contributed by atoms with Crippen LogP contribution in [-0.4, -0.2) is 39.2 Å². The summed E-state index contributed by atoms with van der Waals surface area (Å²) in [5.41, 5.74) is -1.19. The van der Waals surface area contributed by atoms with E-state index in [1.165, 1.54) is 12.3 Å². The molecule has 164 valence electrons. The minimum absolute atomic E-state index is 0.120. The van der Waals surface area contributed by atoms with E-state index >= 15 is 0 Å². The van der Waals surface area contributed by atoms with Gasteiger partial charge in [-0.1, -0.05) is 5.16 Å². The Balaban J connectivity index is 1.41. The minimum atomic E-state index is -0.707. The van der Waals surface area contributed by atoms with Crippen molar-refractivity contribution in [3.8, 4) is 17.3 Å². The molecule has 2 N–H and O–H groups in total. The average Bonchev–Trinajstić information content (AvgIpc) is 3.43. The summed E-state index contributed by atoms with van der Waals surface area (Å²) in [6.45, 7) is 1.98. The highest BCUT2D eigenvalue weighted by atomic mass is 32.2. The molecule has 4 rings (SSSR count). The molecule has 9 nitrogen and oxygen atoms in total. The van der Waals surface area contributed by atoms with E-state index in [1.807, 2.05) is 0 Å². The Morgan fingerprint density at radius 3 is 2.90 bits per heavy atom. The fourth-order valence-corrected chi connectivity index (χ4v) is 5.02. The number of aryl methyl sites for hydroxylation is 1. The van der Waals surface area contributed by atoms with Gasteiger partial charge in [-0.05, 0) is 43.4 Å². The van der Waals surface area contributed by atoms with Gasteiger partial charge in [-0.2, -0.15) is 16.7 Å². The third-order valence-electron chi connectivity index (χ3n) is 5.35. The van der Waals surface area contributed by atoms with Gasteiger partial charge in [0.1, 0.15) is 5.76 Å². The van der Waals surface area contributed by atoms with Crippen LogP contribution in [0.15, 0.2) is 42.6 Å². The molecular weight excluding hydrogens is 422 g/mol. The Hall–Kier alpha value is -3.01. The van der Waals surface area contributed by atoms with Crippen molar-refractivity contribution in [3.05, 3.63) is 52.1 Å². The number of carbonyl (C=O) groups is 1. The molecule has 0 unspecified atom stereocenters. The van der Waals surface area contributed by atoms with Crippen molar-refractivity contribution in [2.45, 2.75) is 38.0 Å². The number of rotatable bonds is 7. The SMILES string of the molecule is Cc1cc(=O)c(O)c(C2(CC(=O)NCCc3nc(-c4ccco4)no3)CCSCC2)o1. The highest BCUT2D eigenvalue weighted by molar-refractivity contribution is 7.99. The number of carbonyl (C=O) groups excluding carboxylic acids is 1. The lowest BCUT2D eigenvalue weighted by Gasteiger charge is -2.35. The minimum Gasteiger partial charge on any atom is -0.502 e. The summed E-state index contributed by atoms with van der Waals surface area (Å²) < 4.78 is 16.2. The van der Waals surface area contributed by atoms with Crippen LogP contribution in [0, 0.1) is 6.92 Å². The van der Waals surface area contributed by atoms with Crippen LogP contribution in [0.2, 0.25) is 0 Å². The molecule has 0 radical (unpaired) electrons. The zero-order valence-corrected chi connectivity index (χ0v) is 17.9. The highest BCUT2D eigenvalue weighted by Crippen LogP contribution is 2.43. The molecule has 0 bridgehead atoms. The second-order valence-electron chi connectivity index (χ2n) is 7.56. The molecule has 31 heavy (non-hydrogen) atoms. The van der Waals surface area contributed by atoms with Crippen molar-refractivity contribution in [2.75, 3.05) is 18.1 Å². The van der Waals surface area contributed by atoms with E-state index in [1.54, 1.807) is 30.8 Å². The van der Waals surface area contributed by atoms with E-state index < -0.39 is 16.6 Å². The zero-order chi connectivity index (χ0) is 21.8. The number of aromatic hydroxyl groups is 1. The molecule has 0 aromatic carbocycles. The van der Waals surface area contributed by atoms with Crippen LogP contribution >= 0.6 is 11.8 Å². The average molecular weight is 445 g/mol. The topological polar surface area (TPSA) is 132 Å². The molecule has 1 aliphatic rings. The van der Waals surface area contributed by atoms with Crippen LogP contribution in [0.5, 0.6) is 5.75 Å². The monoisotopic (exact) mass is 445 g/mol. The van der Waals surface area contributed by atoms with Crippen molar-refractivity contribution in [1.82, 2.24) is 15.5 Å². The third-order valence-corrected chi connectivity index (χ3v) is 6.33. The van der Waals surface area contributed by atoms with Gasteiger partial charge < -0.3 is 23.8 Å². The van der Waals surface area contributed by atoms with E-state index in [-0.39, 0.29) is 18.1 Å². The fourth-order valence-electron chi connectivity index (χ4n) is 3.75. The first kappa shape index (κ1) is 21.2. The quantitative estimate of drug-likeness (QED) is 0.563. The van der Waals surface area contributed by atoms with E-state index in [2.05, 4.69) is 15.5 Å². The maximum atomic E-state index is 12.8. The molecule has 4 heterocycles. The highest BCUT2D eigenvalue weighted by Gasteiger charge is 2.41. The van der Waals surface area contributed by atoms with Crippen LogP contribution in [0.1, 0.15) is 36.7 Å². The number of nitrogens with zero attached hydrogens (tertiary/aromatic N) is 2. The summed E-state index contributed by atoms with van der Waals surface area (Å²) in [4.78, 5) is 29.1. The molecule has 0 atom stereocenters. The summed E-state index contributed by atoms with van der Waals surface area (Å²) in [5, 5.41) is 17.1. The molecule has 0 saturated carbocycles. The molecule has 0 aliphatic carbocycles. The van der Waals surface area contributed by atoms with Crippen LogP contribution in [0.4, 0.5) is 0 Å². The Morgan fingerprint density at radius 1 is 1.35 bits per heavy atom. The van der Waals surface area contributed by atoms with Gasteiger partial charge in [0, 0.05) is 30.9 Å². The van der Waals surface area contributed by atoms with E-state index in [9.17, 15) is 14.7 Å². The lowest BCUT2D eigenvalue weighted by molar-refractivity contribution is -0.122. The summed E-state index contributed by atoms with van der Waals surface area (Å²) in [6, 6.07) is 4.72. The van der Waals surface area contributed by atoms with E-state index in [0.717, 1.165) is 11.5 Å². The van der Waals surface area contributed by atoms with Crippen molar-refractivity contribution in [2.24, 2.45) is 0 Å². The maximum absolute atomic E-state index is 12.8. The van der Waals surface area contributed by atoms with Gasteiger partial charge in [0.2, 0.25) is 28.8 Å². The molecule has 3 aromatic rings. The first-order chi connectivity index (χ1) is 15.0. The summed E-state index contributed by atoms with van der Waals surface area (Å²) in [6.07, 6.45) is 3.30. The molecule has 1 saturated heterocycles. The van der Waals surface area contributed by atoms with Crippen molar-refractivity contribution < 1.29 is 23.3 Å². The number of hydrogen-bond donors (Lipinski definition) is 2. The van der Waals surface area contributed by atoms with Crippen LogP contribution in [0.25, 0.3) is 11.6 Å². The van der Waals surface area contributed by atoms with Crippen LogP contribution in [-0.2, 0) is 16.6 Å². The van der Waals surface area contributed by atoms with E-state index in [4.69, 9.17) is 13.4 Å². The van der Waals surface area contributed by atoms with Gasteiger partial charge in [-0.15, -0.1) is 0 Å². The standard InChI is InChI=1S/C21H23N3O6S/c1-13-11-14(25)18(27)19(29-13)21(5-9-31-10-6-21)12-16(26)22-7-4-17-23-20(24-30-17)15-3-2-8-28-15/h2-3,8,11,27H,4-7,9-10,12H2,1H3,(H,22,26). The number of nitrogens with one attached hydrogen (secondary N) is 1. The Morgan fingerprint density at radius 2 is 2.16 bits per heavy atom. The molecule has 3 aromatic heterocycles. The predicted molar refractivity (Wildman–Crippen MR) is 113 cm³/mol. The number of thioether (sulfide) groups is 1. The molecule has 1 aliphatic heterocycles. The predicted octanol–water partition coefficient (Wildman–Crippen LogP) is 2.81. The Labute approximate surface area is 182 Å². The normalized spacial score (nSPS) is 15.6. The van der Waals surface area contributed by atoms with Crippen LogP contribution < -0.4 is 10.7 Å². The molecule has 1 amide bonds. The van der Waals surface area contributed by atoms with E-state index in [0.29, 0.717) is 49.0 Å². The molecule has 1 fully saturated rings. The zero-order valence-electron chi connectivity index (χ0n) is 17.1. The summed E-state index contributed by atoms with van der Waals surface area (Å²) >= 11 is 1.78. The van der Waals surface area contributed by atoms with Crippen molar-refractivity contribution in [3.63, 3.8) is 0 Å². The number of hydrogen-bond acceptors (Lipinski definition) is 9. The second kappa shape index (κ2) is 9.01. The van der Waals surface area contributed by atoms with Crippen molar-refractivity contribution >= 4 is 17.7 Å². The molecular formula is C21H23N3O6S. The van der Waals surface area contributed by atoms with Gasteiger partial charge in [0.05, 0.1) is 6.26 Å². The third kappa shape index (κ3) is 4.68. The lowest BCUT2D eigenvalue weighted by atomic mass is 9.75. The molecule has 10 heteroatoms. The maximum Gasteiger partial charge on any atom is 0.238 e. The fraction of sp³-hybridized carbons (Fsp3) is 0.429. The Kier molecular flexibility index (Phi) is 6.17. The lowest BCUT2D eigenvalue weighted by Crippen LogP contribution is -2.39. The van der Waals surface area contributed by atoms with Gasteiger partial charge in [0.15, 0.2) is 11.5 Å². The second-order valence-corrected chi connectivity index (χ2v) is 8.78. The van der Waals surface area contributed by atoms with Crippen molar-refractivity contribution in [1.29, 1.82) is 0 Å². The molecule has 0 spiro atoms. The largest absolute Gasteiger partial charge is 0.502 e. The first-order valence-electron chi connectivity index (χ1n) is 10.0. The van der Waals surface area contributed by atoms with Crippen LogP contribution in [0.3, 0.4) is 0 Å². The van der Waals surface area contributed by atoms with Gasteiger partial charge in [-0.25, -0.2) is 0 Å². The summed E-state index contributed by atoms with van der Waals surface area (Å²) in [7, 11) is 0. The Bertz CT molecular complexity index is 1100. The first-order valence-corrected chi connectivity index (χ1v) is 11.2. The number of amides is 1.